The maximum atomic E-state index is 9.93. The topological polar surface area (TPSA) is 35.5 Å². The highest BCUT2D eigenvalue weighted by molar-refractivity contribution is 4.93. The molecule has 0 aromatic carbocycles. The summed E-state index contributed by atoms with van der Waals surface area (Å²) < 4.78 is 0. The number of aliphatic hydroxyl groups is 1. The second kappa shape index (κ2) is 3.80. The maximum Gasteiger partial charge on any atom is 0.0771 e. The minimum atomic E-state index is -0.371. The molecule has 2 aliphatic rings. The average molecular weight is 198 g/mol. The zero-order chi connectivity index (χ0) is 10.2. The van der Waals surface area contributed by atoms with E-state index >= 15 is 0 Å². The molecular weight excluding hydrogens is 176 g/mol. The standard InChI is InChI=1S/C11H22N2O/c1-9-6-10(7-13(9)2)12-8-11(14)4-3-5-11/h9-10,12,14H,3-8H2,1-2H3. The van der Waals surface area contributed by atoms with E-state index in [9.17, 15) is 5.11 Å². The Hall–Kier alpha value is -0.120. The molecule has 1 heterocycles. The second-order valence-corrected chi connectivity index (χ2v) is 5.18. The number of likely N-dealkylation sites (N-methyl/N-ethyl adjacent to an activating group) is 1. The van der Waals surface area contributed by atoms with Gasteiger partial charge in [-0.2, -0.15) is 0 Å². The summed E-state index contributed by atoms with van der Waals surface area (Å²) >= 11 is 0. The molecule has 3 heteroatoms. The van der Waals surface area contributed by atoms with E-state index in [0.717, 1.165) is 25.9 Å². The predicted octanol–water partition coefficient (Wildman–Crippen LogP) is 0.584. The zero-order valence-electron chi connectivity index (χ0n) is 9.29. The molecule has 14 heavy (non-hydrogen) atoms. The van der Waals surface area contributed by atoms with Crippen LogP contribution in [0, 0.1) is 0 Å². The van der Waals surface area contributed by atoms with E-state index in [4.69, 9.17) is 0 Å². The quantitative estimate of drug-likeness (QED) is 0.696. The fourth-order valence-corrected chi connectivity index (χ4v) is 2.44. The molecule has 2 atom stereocenters. The SMILES string of the molecule is CC1CC(NCC2(O)CCC2)CN1C. The van der Waals surface area contributed by atoms with Crippen LogP contribution in [0.3, 0.4) is 0 Å². The van der Waals surface area contributed by atoms with Crippen molar-refractivity contribution in [1.29, 1.82) is 0 Å². The van der Waals surface area contributed by atoms with E-state index in [1.807, 2.05) is 0 Å². The summed E-state index contributed by atoms with van der Waals surface area (Å²) in [6.45, 7) is 4.18. The van der Waals surface area contributed by atoms with Crippen molar-refractivity contribution in [2.24, 2.45) is 0 Å². The van der Waals surface area contributed by atoms with Gasteiger partial charge in [0, 0.05) is 25.2 Å². The number of likely N-dealkylation sites (tertiary alicyclic amines) is 1. The molecule has 2 rings (SSSR count). The molecule has 2 fully saturated rings. The summed E-state index contributed by atoms with van der Waals surface area (Å²) in [4.78, 5) is 2.38. The van der Waals surface area contributed by atoms with Gasteiger partial charge in [-0.3, -0.25) is 0 Å². The number of nitrogens with zero attached hydrogens (tertiary/aromatic N) is 1. The van der Waals surface area contributed by atoms with Gasteiger partial charge in [0.25, 0.3) is 0 Å². The highest BCUT2D eigenvalue weighted by Crippen LogP contribution is 2.31. The van der Waals surface area contributed by atoms with Gasteiger partial charge >= 0.3 is 0 Å². The molecule has 2 N–H and O–H groups in total. The Morgan fingerprint density at radius 1 is 1.50 bits per heavy atom. The molecule has 1 aliphatic carbocycles. The van der Waals surface area contributed by atoms with Crippen LogP contribution < -0.4 is 5.32 Å². The minimum Gasteiger partial charge on any atom is -0.389 e. The third-order valence-corrected chi connectivity index (χ3v) is 3.89. The highest BCUT2D eigenvalue weighted by Gasteiger charge is 2.35. The summed E-state index contributed by atoms with van der Waals surface area (Å²) in [6.07, 6.45) is 4.38. The van der Waals surface area contributed by atoms with Gasteiger partial charge in [0.2, 0.25) is 0 Å². The fraction of sp³-hybridized carbons (Fsp3) is 1.00. The van der Waals surface area contributed by atoms with Crippen molar-refractivity contribution in [3.05, 3.63) is 0 Å². The number of hydrogen-bond donors (Lipinski definition) is 2. The number of nitrogens with one attached hydrogen (secondary N) is 1. The van der Waals surface area contributed by atoms with Crippen LogP contribution in [-0.4, -0.2) is 47.8 Å². The molecule has 3 nitrogen and oxygen atoms in total. The summed E-state index contributed by atoms with van der Waals surface area (Å²) in [5.74, 6) is 0. The Labute approximate surface area is 86.5 Å². The molecule has 2 unspecified atom stereocenters. The van der Waals surface area contributed by atoms with Gasteiger partial charge in [0.05, 0.1) is 5.60 Å². The van der Waals surface area contributed by atoms with Crippen LogP contribution in [0.15, 0.2) is 0 Å². The van der Waals surface area contributed by atoms with Crippen molar-refractivity contribution in [3.8, 4) is 0 Å². The van der Waals surface area contributed by atoms with E-state index < -0.39 is 0 Å². The van der Waals surface area contributed by atoms with Crippen molar-refractivity contribution in [1.82, 2.24) is 10.2 Å². The number of hydrogen-bond acceptors (Lipinski definition) is 3. The molecule has 0 aromatic heterocycles. The van der Waals surface area contributed by atoms with E-state index in [0.29, 0.717) is 12.1 Å². The Kier molecular flexibility index (Phi) is 2.82. The van der Waals surface area contributed by atoms with E-state index in [1.54, 1.807) is 0 Å². The van der Waals surface area contributed by atoms with Gasteiger partial charge in [0.15, 0.2) is 0 Å². The second-order valence-electron chi connectivity index (χ2n) is 5.18. The largest absolute Gasteiger partial charge is 0.389 e. The molecule has 82 valence electrons. The van der Waals surface area contributed by atoms with Crippen molar-refractivity contribution >= 4 is 0 Å². The lowest BCUT2D eigenvalue weighted by atomic mass is 9.80. The first-order chi connectivity index (χ1) is 6.59. The van der Waals surface area contributed by atoms with Crippen LogP contribution in [0.1, 0.15) is 32.6 Å². The van der Waals surface area contributed by atoms with Crippen LogP contribution in [0.4, 0.5) is 0 Å². The average Bonchev–Trinajstić information content (AvgIpc) is 2.40. The summed E-state index contributed by atoms with van der Waals surface area (Å²) in [7, 11) is 2.17. The third kappa shape index (κ3) is 2.10. The lowest BCUT2D eigenvalue weighted by molar-refractivity contribution is -0.0329. The maximum absolute atomic E-state index is 9.93. The van der Waals surface area contributed by atoms with Crippen LogP contribution in [0.25, 0.3) is 0 Å². The molecular formula is C11H22N2O. The van der Waals surface area contributed by atoms with E-state index in [2.05, 4.69) is 24.2 Å². The Morgan fingerprint density at radius 2 is 2.21 bits per heavy atom. The van der Waals surface area contributed by atoms with Crippen molar-refractivity contribution in [2.45, 2.75) is 50.3 Å². The van der Waals surface area contributed by atoms with Crippen LogP contribution in [-0.2, 0) is 0 Å². The van der Waals surface area contributed by atoms with Gasteiger partial charge in [-0.15, -0.1) is 0 Å². The fourth-order valence-electron chi connectivity index (χ4n) is 2.44. The monoisotopic (exact) mass is 198 g/mol. The lowest BCUT2D eigenvalue weighted by Gasteiger charge is -2.37. The Bertz CT molecular complexity index is 193. The first-order valence-electron chi connectivity index (χ1n) is 5.75. The van der Waals surface area contributed by atoms with Gasteiger partial charge in [0.1, 0.15) is 0 Å². The lowest BCUT2D eigenvalue weighted by Crippen LogP contribution is -2.49. The molecule has 0 radical (unpaired) electrons. The van der Waals surface area contributed by atoms with Gasteiger partial charge in [-0.1, -0.05) is 0 Å². The molecule has 0 amide bonds. The molecule has 1 saturated carbocycles. The Balaban J connectivity index is 1.71. The van der Waals surface area contributed by atoms with Crippen molar-refractivity contribution < 1.29 is 5.11 Å². The third-order valence-electron chi connectivity index (χ3n) is 3.89. The first-order valence-corrected chi connectivity index (χ1v) is 5.75. The molecule has 1 saturated heterocycles. The predicted molar refractivity (Wildman–Crippen MR) is 57.3 cm³/mol. The van der Waals surface area contributed by atoms with Gasteiger partial charge in [-0.25, -0.2) is 0 Å². The van der Waals surface area contributed by atoms with Crippen molar-refractivity contribution in [2.75, 3.05) is 20.1 Å². The van der Waals surface area contributed by atoms with Crippen molar-refractivity contribution in [3.63, 3.8) is 0 Å². The van der Waals surface area contributed by atoms with Crippen LogP contribution >= 0.6 is 0 Å². The minimum absolute atomic E-state index is 0.371. The van der Waals surface area contributed by atoms with Gasteiger partial charge < -0.3 is 15.3 Å². The first kappa shape index (κ1) is 10.4. The molecule has 0 spiro atoms. The summed E-state index contributed by atoms with van der Waals surface area (Å²) in [5, 5.41) is 13.4. The molecule has 0 aromatic rings. The van der Waals surface area contributed by atoms with E-state index in [-0.39, 0.29) is 5.60 Å². The Morgan fingerprint density at radius 3 is 2.64 bits per heavy atom. The number of rotatable bonds is 3. The molecule has 0 bridgehead atoms. The van der Waals surface area contributed by atoms with Crippen LogP contribution in [0.2, 0.25) is 0 Å². The normalized spacial score (nSPS) is 37.1. The molecule has 1 aliphatic heterocycles. The van der Waals surface area contributed by atoms with E-state index in [1.165, 1.54) is 12.8 Å². The summed E-state index contributed by atoms with van der Waals surface area (Å²) in [5.41, 5.74) is -0.371. The van der Waals surface area contributed by atoms with Crippen LogP contribution in [0.5, 0.6) is 0 Å². The highest BCUT2D eigenvalue weighted by atomic mass is 16.3. The zero-order valence-corrected chi connectivity index (χ0v) is 9.29. The summed E-state index contributed by atoms with van der Waals surface area (Å²) in [6, 6.07) is 1.27. The smallest absolute Gasteiger partial charge is 0.0771 e. The van der Waals surface area contributed by atoms with Gasteiger partial charge in [-0.05, 0) is 39.7 Å².